The Hall–Kier alpha value is -1.05. The highest BCUT2D eigenvalue weighted by Crippen LogP contribution is 2.12. The van der Waals surface area contributed by atoms with Crippen molar-refractivity contribution in [1.29, 1.82) is 0 Å². The van der Waals surface area contributed by atoms with Crippen molar-refractivity contribution in [2.45, 2.75) is 32.7 Å². The molecule has 0 aliphatic carbocycles. The van der Waals surface area contributed by atoms with Gasteiger partial charge in [-0.1, -0.05) is 13.8 Å². The zero-order valence-corrected chi connectivity index (χ0v) is 8.18. The molecule has 13 heavy (non-hydrogen) atoms. The first kappa shape index (κ1) is 10.0. The van der Waals surface area contributed by atoms with E-state index < -0.39 is 0 Å². The van der Waals surface area contributed by atoms with Crippen LogP contribution in [0.1, 0.15) is 26.7 Å². The van der Waals surface area contributed by atoms with Gasteiger partial charge < -0.3 is 5.32 Å². The molecule has 0 amide bonds. The van der Waals surface area contributed by atoms with Crippen LogP contribution in [0.5, 0.6) is 0 Å². The predicted octanol–water partition coefficient (Wildman–Crippen LogP) is 3.43. The van der Waals surface area contributed by atoms with Crippen molar-refractivity contribution in [3.05, 3.63) is 30.1 Å². The topological polar surface area (TPSA) is 12.0 Å². The van der Waals surface area contributed by atoms with E-state index in [1.165, 1.54) is 12.1 Å². The van der Waals surface area contributed by atoms with Crippen molar-refractivity contribution in [1.82, 2.24) is 0 Å². The zero-order chi connectivity index (χ0) is 9.68. The van der Waals surface area contributed by atoms with E-state index in [4.69, 9.17) is 0 Å². The fourth-order valence-electron chi connectivity index (χ4n) is 1.27. The van der Waals surface area contributed by atoms with Crippen LogP contribution in [0.3, 0.4) is 0 Å². The number of benzene rings is 1. The summed E-state index contributed by atoms with van der Waals surface area (Å²) >= 11 is 0. The van der Waals surface area contributed by atoms with Crippen LogP contribution in [0.4, 0.5) is 10.1 Å². The third-order valence-corrected chi connectivity index (χ3v) is 2.20. The van der Waals surface area contributed by atoms with Gasteiger partial charge >= 0.3 is 0 Å². The molecule has 2 heteroatoms. The molecular formula is C11H16FN. The maximum Gasteiger partial charge on any atom is 0.123 e. The Morgan fingerprint density at radius 3 is 2.15 bits per heavy atom. The highest BCUT2D eigenvalue weighted by Gasteiger charge is 2.01. The number of hydrogen-bond donors (Lipinski definition) is 1. The van der Waals surface area contributed by atoms with Gasteiger partial charge in [0.15, 0.2) is 0 Å². The number of hydrogen-bond acceptors (Lipinski definition) is 1. The van der Waals surface area contributed by atoms with E-state index in [0.29, 0.717) is 6.04 Å². The lowest BCUT2D eigenvalue weighted by molar-refractivity contribution is 0.627. The monoisotopic (exact) mass is 181 g/mol. The lowest BCUT2D eigenvalue weighted by Gasteiger charge is -2.15. The highest BCUT2D eigenvalue weighted by atomic mass is 19.1. The van der Waals surface area contributed by atoms with E-state index >= 15 is 0 Å². The van der Waals surface area contributed by atoms with Gasteiger partial charge in [0.05, 0.1) is 0 Å². The van der Waals surface area contributed by atoms with Gasteiger partial charge in [0.25, 0.3) is 0 Å². The fraction of sp³-hybridized carbons (Fsp3) is 0.455. The molecule has 0 bridgehead atoms. The van der Waals surface area contributed by atoms with Crippen LogP contribution in [0, 0.1) is 5.82 Å². The van der Waals surface area contributed by atoms with Crippen LogP contribution >= 0.6 is 0 Å². The molecule has 0 atom stereocenters. The molecule has 1 N–H and O–H groups in total. The summed E-state index contributed by atoms with van der Waals surface area (Å²) in [4.78, 5) is 0. The molecule has 1 aromatic rings. The molecule has 0 radical (unpaired) electrons. The highest BCUT2D eigenvalue weighted by molar-refractivity contribution is 5.43. The Bertz CT molecular complexity index is 239. The summed E-state index contributed by atoms with van der Waals surface area (Å²) in [6.45, 7) is 4.29. The minimum absolute atomic E-state index is 0.185. The Labute approximate surface area is 79.0 Å². The minimum Gasteiger partial charge on any atom is -0.382 e. The summed E-state index contributed by atoms with van der Waals surface area (Å²) in [6.07, 6.45) is 2.18. The van der Waals surface area contributed by atoms with Gasteiger partial charge in [0, 0.05) is 11.7 Å². The Balaban J connectivity index is 2.58. The Morgan fingerprint density at radius 1 is 1.15 bits per heavy atom. The fourth-order valence-corrected chi connectivity index (χ4v) is 1.27. The van der Waals surface area contributed by atoms with Crippen LogP contribution in [-0.2, 0) is 0 Å². The van der Waals surface area contributed by atoms with Gasteiger partial charge in [-0.25, -0.2) is 4.39 Å². The minimum atomic E-state index is -0.185. The van der Waals surface area contributed by atoms with Crippen molar-refractivity contribution in [2.24, 2.45) is 0 Å². The third kappa shape index (κ3) is 3.05. The summed E-state index contributed by atoms with van der Waals surface area (Å²) in [6, 6.07) is 6.99. The summed E-state index contributed by atoms with van der Waals surface area (Å²) in [5, 5.41) is 3.34. The summed E-state index contributed by atoms with van der Waals surface area (Å²) in [5.41, 5.74) is 0.995. The first-order valence-electron chi connectivity index (χ1n) is 4.78. The molecule has 1 rings (SSSR count). The van der Waals surface area contributed by atoms with Crippen molar-refractivity contribution < 1.29 is 4.39 Å². The summed E-state index contributed by atoms with van der Waals surface area (Å²) in [7, 11) is 0. The van der Waals surface area contributed by atoms with Gasteiger partial charge in [-0.3, -0.25) is 0 Å². The second-order valence-electron chi connectivity index (χ2n) is 3.16. The lowest BCUT2D eigenvalue weighted by Crippen LogP contribution is -2.16. The molecule has 0 saturated heterocycles. The molecule has 0 aromatic heterocycles. The molecule has 0 aliphatic heterocycles. The normalized spacial score (nSPS) is 10.5. The summed E-state index contributed by atoms with van der Waals surface area (Å²) in [5.74, 6) is -0.185. The zero-order valence-electron chi connectivity index (χ0n) is 8.18. The smallest absolute Gasteiger partial charge is 0.123 e. The first-order chi connectivity index (χ1) is 6.26. The molecule has 72 valence electrons. The second-order valence-corrected chi connectivity index (χ2v) is 3.16. The molecular weight excluding hydrogens is 165 g/mol. The average Bonchev–Trinajstić information content (AvgIpc) is 2.17. The standard InChI is InChI=1S/C11H16FN/c1-3-10(4-2)13-11-7-5-9(12)6-8-11/h5-8,10,13H,3-4H2,1-2H3. The van der Waals surface area contributed by atoms with Crippen molar-refractivity contribution in [3.63, 3.8) is 0 Å². The van der Waals surface area contributed by atoms with Gasteiger partial charge in [0.2, 0.25) is 0 Å². The Morgan fingerprint density at radius 2 is 1.69 bits per heavy atom. The predicted molar refractivity (Wildman–Crippen MR) is 54.4 cm³/mol. The molecule has 1 nitrogen and oxygen atoms in total. The second kappa shape index (κ2) is 4.85. The number of anilines is 1. The van der Waals surface area contributed by atoms with Crippen molar-refractivity contribution >= 4 is 5.69 Å². The van der Waals surface area contributed by atoms with Gasteiger partial charge in [-0.2, -0.15) is 0 Å². The SMILES string of the molecule is CCC(CC)Nc1ccc(F)cc1. The van der Waals surface area contributed by atoms with Crippen LogP contribution < -0.4 is 5.32 Å². The maximum atomic E-state index is 12.6. The van der Waals surface area contributed by atoms with Crippen LogP contribution in [0.25, 0.3) is 0 Å². The van der Waals surface area contributed by atoms with Crippen molar-refractivity contribution in [2.75, 3.05) is 5.32 Å². The van der Waals surface area contributed by atoms with E-state index in [2.05, 4.69) is 19.2 Å². The largest absolute Gasteiger partial charge is 0.382 e. The molecule has 0 fully saturated rings. The quantitative estimate of drug-likeness (QED) is 0.750. The first-order valence-corrected chi connectivity index (χ1v) is 4.78. The average molecular weight is 181 g/mol. The van der Waals surface area contributed by atoms with Crippen LogP contribution in [0.2, 0.25) is 0 Å². The third-order valence-electron chi connectivity index (χ3n) is 2.20. The van der Waals surface area contributed by atoms with E-state index in [1.807, 2.05) is 0 Å². The number of nitrogens with one attached hydrogen (secondary N) is 1. The number of rotatable bonds is 4. The van der Waals surface area contributed by atoms with Crippen LogP contribution in [0.15, 0.2) is 24.3 Å². The molecule has 0 unspecified atom stereocenters. The van der Waals surface area contributed by atoms with E-state index in [-0.39, 0.29) is 5.82 Å². The molecule has 0 saturated carbocycles. The van der Waals surface area contributed by atoms with Gasteiger partial charge in [0.1, 0.15) is 5.82 Å². The van der Waals surface area contributed by atoms with E-state index in [0.717, 1.165) is 18.5 Å². The number of halogens is 1. The van der Waals surface area contributed by atoms with Gasteiger partial charge in [-0.05, 0) is 37.1 Å². The molecule has 0 spiro atoms. The Kier molecular flexibility index (Phi) is 3.74. The summed E-state index contributed by atoms with van der Waals surface area (Å²) < 4.78 is 12.6. The lowest BCUT2D eigenvalue weighted by atomic mass is 10.1. The van der Waals surface area contributed by atoms with E-state index in [1.54, 1.807) is 12.1 Å². The molecule has 1 aromatic carbocycles. The van der Waals surface area contributed by atoms with Crippen LogP contribution in [-0.4, -0.2) is 6.04 Å². The maximum absolute atomic E-state index is 12.6. The van der Waals surface area contributed by atoms with E-state index in [9.17, 15) is 4.39 Å². The molecule has 0 aliphatic rings. The van der Waals surface area contributed by atoms with Crippen molar-refractivity contribution in [3.8, 4) is 0 Å². The molecule has 0 heterocycles. The van der Waals surface area contributed by atoms with Gasteiger partial charge in [-0.15, -0.1) is 0 Å².